The van der Waals surface area contributed by atoms with Crippen LogP contribution in [0.2, 0.25) is 0 Å². The Kier molecular flexibility index (Phi) is 4.78. The van der Waals surface area contributed by atoms with Gasteiger partial charge in [-0.05, 0) is 37.5 Å². The lowest BCUT2D eigenvalue weighted by Gasteiger charge is -2.18. The van der Waals surface area contributed by atoms with E-state index in [-0.39, 0.29) is 18.2 Å². The molecule has 4 rings (SSSR count). The fourth-order valence-corrected chi connectivity index (χ4v) is 5.05. The number of hydrogen-bond acceptors (Lipinski definition) is 6. The van der Waals surface area contributed by atoms with Crippen molar-refractivity contribution in [2.75, 3.05) is 16.6 Å². The summed E-state index contributed by atoms with van der Waals surface area (Å²) in [5.41, 5.74) is 7.20. The minimum atomic E-state index is -3.21. The summed E-state index contributed by atoms with van der Waals surface area (Å²) in [6.07, 6.45) is 4.51. The van der Waals surface area contributed by atoms with Gasteiger partial charge >= 0.3 is 0 Å². The van der Waals surface area contributed by atoms with E-state index < -0.39 is 15.6 Å². The fourth-order valence-electron chi connectivity index (χ4n) is 3.50. The quantitative estimate of drug-likeness (QED) is 0.871. The van der Waals surface area contributed by atoms with E-state index >= 15 is 0 Å². The molecule has 1 aliphatic heterocycles. The van der Waals surface area contributed by atoms with Gasteiger partial charge in [-0.1, -0.05) is 24.1 Å². The Morgan fingerprint density at radius 1 is 1.20 bits per heavy atom. The molecule has 1 aromatic carbocycles. The number of hydrogen-bond donors (Lipinski definition) is 1. The lowest BCUT2D eigenvalue weighted by molar-refractivity contribution is 0.372. The van der Waals surface area contributed by atoms with Crippen LogP contribution in [0.3, 0.4) is 0 Å². The monoisotopic (exact) mass is 384 g/mol. The van der Waals surface area contributed by atoms with Crippen LogP contribution >= 0.6 is 12.4 Å². The molecule has 2 heterocycles. The Morgan fingerprint density at radius 3 is 2.64 bits per heavy atom. The van der Waals surface area contributed by atoms with Gasteiger partial charge in [-0.2, -0.15) is 4.98 Å². The summed E-state index contributed by atoms with van der Waals surface area (Å²) in [5, 5.41) is 4.06. The molecule has 136 valence electrons. The lowest BCUT2D eigenvalue weighted by Crippen LogP contribution is -2.34. The number of halogens is 1. The minimum absolute atomic E-state index is 0. The van der Waals surface area contributed by atoms with Crippen LogP contribution in [0.15, 0.2) is 28.8 Å². The van der Waals surface area contributed by atoms with Crippen LogP contribution in [0.1, 0.15) is 37.9 Å². The molecular formula is C16H21ClN4O3S. The molecule has 25 heavy (non-hydrogen) atoms. The van der Waals surface area contributed by atoms with Crippen molar-refractivity contribution >= 4 is 28.1 Å². The number of aromatic nitrogens is 2. The van der Waals surface area contributed by atoms with Crippen LogP contribution < -0.4 is 10.0 Å². The van der Waals surface area contributed by atoms with Crippen LogP contribution in [-0.4, -0.2) is 30.9 Å². The predicted octanol–water partition coefficient (Wildman–Crippen LogP) is 2.43. The zero-order valence-electron chi connectivity index (χ0n) is 13.7. The number of sulfonamides is 1. The summed E-state index contributed by atoms with van der Waals surface area (Å²) in [6, 6.07) is 7.19. The van der Waals surface area contributed by atoms with E-state index in [2.05, 4.69) is 10.1 Å². The van der Waals surface area contributed by atoms with Gasteiger partial charge in [0.2, 0.25) is 10.0 Å². The molecule has 0 spiro atoms. The second kappa shape index (κ2) is 6.59. The molecule has 1 saturated heterocycles. The van der Waals surface area contributed by atoms with Crippen LogP contribution in [0, 0.1) is 0 Å². The second-order valence-corrected chi connectivity index (χ2v) is 8.59. The first-order valence-corrected chi connectivity index (χ1v) is 9.83. The molecule has 2 aliphatic rings. The van der Waals surface area contributed by atoms with Gasteiger partial charge in [-0.15, -0.1) is 12.4 Å². The smallest absolute Gasteiger partial charge is 0.258 e. The molecule has 0 bridgehead atoms. The molecule has 0 radical (unpaired) electrons. The maximum atomic E-state index is 12.1. The van der Waals surface area contributed by atoms with E-state index in [9.17, 15) is 8.42 Å². The maximum absolute atomic E-state index is 12.1. The van der Waals surface area contributed by atoms with Crippen LogP contribution in [-0.2, 0) is 15.6 Å². The zero-order valence-corrected chi connectivity index (χ0v) is 15.4. The Morgan fingerprint density at radius 2 is 1.96 bits per heavy atom. The van der Waals surface area contributed by atoms with Crippen molar-refractivity contribution in [2.45, 2.75) is 37.6 Å². The fraction of sp³-hybridized carbons (Fsp3) is 0.500. The van der Waals surface area contributed by atoms with E-state index in [1.807, 2.05) is 6.07 Å². The molecule has 0 unspecified atom stereocenters. The van der Waals surface area contributed by atoms with Crippen molar-refractivity contribution in [1.29, 1.82) is 0 Å². The van der Waals surface area contributed by atoms with Gasteiger partial charge in [0.15, 0.2) is 5.82 Å². The number of benzene rings is 1. The highest BCUT2D eigenvalue weighted by Gasteiger charge is 2.36. The van der Waals surface area contributed by atoms with Gasteiger partial charge in [0, 0.05) is 12.1 Å². The van der Waals surface area contributed by atoms with Gasteiger partial charge in [-0.3, -0.25) is 4.31 Å². The van der Waals surface area contributed by atoms with Crippen LogP contribution in [0.5, 0.6) is 0 Å². The Hall–Kier alpha value is -1.64. The van der Waals surface area contributed by atoms with E-state index in [0.29, 0.717) is 35.9 Å². The molecule has 1 saturated carbocycles. The highest BCUT2D eigenvalue weighted by Crippen LogP contribution is 2.36. The molecule has 9 heteroatoms. The first kappa shape index (κ1) is 18.2. The van der Waals surface area contributed by atoms with Gasteiger partial charge in [0.1, 0.15) is 0 Å². The molecule has 1 aliphatic carbocycles. The summed E-state index contributed by atoms with van der Waals surface area (Å²) >= 11 is 0. The number of rotatable bonds is 3. The molecule has 2 N–H and O–H groups in total. The molecule has 1 aromatic heterocycles. The molecule has 7 nitrogen and oxygen atoms in total. The summed E-state index contributed by atoms with van der Waals surface area (Å²) in [5.74, 6) is 1.10. The number of anilines is 1. The van der Waals surface area contributed by atoms with Crippen LogP contribution in [0.4, 0.5) is 5.69 Å². The largest absolute Gasteiger partial charge is 0.334 e. The van der Waals surface area contributed by atoms with E-state index in [1.54, 1.807) is 18.2 Å². The van der Waals surface area contributed by atoms with Crippen molar-refractivity contribution in [3.8, 4) is 11.5 Å². The van der Waals surface area contributed by atoms with Crippen molar-refractivity contribution in [2.24, 2.45) is 5.73 Å². The second-order valence-electron chi connectivity index (χ2n) is 6.58. The van der Waals surface area contributed by atoms with Crippen molar-refractivity contribution in [3.63, 3.8) is 0 Å². The average Bonchev–Trinajstić information content (AvgIpc) is 3.27. The Balaban J connectivity index is 0.00000182. The third-order valence-electron chi connectivity index (χ3n) is 4.85. The third-order valence-corrected chi connectivity index (χ3v) is 6.72. The van der Waals surface area contributed by atoms with Crippen molar-refractivity contribution < 1.29 is 12.9 Å². The summed E-state index contributed by atoms with van der Waals surface area (Å²) < 4.78 is 31.0. The predicted molar refractivity (Wildman–Crippen MR) is 97.1 cm³/mol. The maximum Gasteiger partial charge on any atom is 0.258 e. The normalized spacial score (nSPS) is 21.2. The minimum Gasteiger partial charge on any atom is -0.334 e. The van der Waals surface area contributed by atoms with Gasteiger partial charge in [-0.25, -0.2) is 8.42 Å². The zero-order chi connectivity index (χ0) is 16.8. The molecule has 2 fully saturated rings. The van der Waals surface area contributed by atoms with E-state index in [1.165, 1.54) is 4.31 Å². The average molecular weight is 385 g/mol. The Bertz CT molecular complexity index is 862. The van der Waals surface area contributed by atoms with E-state index in [4.69, 9.17) is 10.3 Å². The van der Waals surface area contributed by atoms with Crippen molar-refractivity contribution in [1.82, 2.24) is 10.1 Å². The summed E-state index contributed by atoms with van der Waals surface area (Å²) in [6.45, 7) is 0.507. The van der Waals surface area contributed by atoms with E-state index in [0.717, 1.165) is 25.7 Å². The van der Waals surface area contributed by atoms with Crippen molar-refractivity contribution in [3.05, 3.63) is 30.1 Å². The lowest BCUT2D eigenvalue weighted by atomic mass is 9.99. The first-order chi connectivity index (χ1) is 11.5. The van der Waals surface area contributed by atoms with Gasteiger partial charge in [0.25, 0.3) is 5.89 Å². The molecule has 0 atom stereocenters. The van der Waals surface area contributed by atoms with Gasteiger partial charge < -0.3 is 10.3 Å². The molecule has 0 amide bonds. The third kappa shape index (κ3) is 3.26. The van der Waals surface area contributed by atoms with Crippen LogP contribution in [0.25, 0.3) is 11.5 Å². The summed E-state index contributed by atoms with van der Waals surface area (Å²) in [7, 11) is -3.21. The molecular weight excluding hydrogens is 364 g/mol. The first-order valence-electron chi connectivity index (χ1n) is 8.22. The SMILES string of the molecule is Cl.NC1(c2noc(-c3cccc(N4CCCS4(=O)=O)c3)n2)CCCC1. The Labute approximate surface area is 153 Å². The standard InChI is InChI=1S/C16H20N4O3S.ClH/c17-16(7-1-2-8-16)15-18-14(23-19-15)12-5-3-6-13(11-12)20-9-4-10-24(20,21)22;/h3,5-6,11H,1-2,4,7-10,17H2;1H. The highest BCUT2D eigenvalue weighted by molar-refractivity contribution is 7.93. The topological polar surface area (TPSA) is 102 Å². The molecule has 2 aromatic rings. The summed E-state index contributed by atoms with van der Waals surface area (Å²) in [4.78, 5) is 4.47. The number of nitrogens with two attached hydrogens (primary N) is 1. The van der Waals surface area contributed by atoms with Gasteiger partial charge in [0.05, 0.1) is 17.0 Å². The highest BCUT2D eigenvalue weighted by atomic mass is 35.5. The number of nitrogens with zero attached hydrogens (tertiary/aromatic N) is 3.